The molecule has 1 amide bonds. The van der Waals surface area contributed by atoms with Gasteiger partial charge in [-0.25, -0.2) is 4.79 Å². The van der Waals surface area contributed by atoms with Crippen LogP contribution in [0.1, 0.15) is 18.1 Å². The molecular formula is C18H21NO3. The molecule has 1 unspecified atom stereocenters. The molecule has 0 saturated carbocycles. The van der Waals surface area contributed by atoms with E-state index in [0.717, 1.165) is 23.3 Å². The molecule has 22 heavy (non-hydrogen) atoms. The van der Waals surface area contributed by atoms with Gasteiger partial charge in [-0.3, -0.25) is 0 Å². The maximum Gasteiger partial charge on any atom is 0.407 e. The Hall–Kier alpha value is -2.49. The molecule has 116 valence electrons. The summed E-state index contributed by atoms with van der Waals surface area (Å²) in [7, 11) is 1.36. The van der Waals surface area contributed by atoms with Crippen LogP contribution in [0, 0.1) is 0 Å². The number of carbonyl (C=O) groups is 1. The smallest absolute Gasteiger partial charge is 0.407 e. The predicted octanol–water partition coefficient (Wildman–Crippen LogP) is 3.55. The fourth-order valence-electron chi connectivity index (χ4n) is 2.13. The molecule has 0 radical (unpaired) electrons. The van der Waals surface area contributed by atoms with E-state index in [1.54, 1.807) is 0 Å². The molecule has 1 N–H and O–H groups in total. The first-order chi connectivity index (χ1) is 10.7. The van der Waals surface area contributed by atoms with Crippen LogP contribution >= 0.6 is 0 Å². The van der Waals surface area contributed by atoms with E-state index in [4.69, 9.17) is 4.74 Å². The minimum Gasteiger partial charge on any atom is -0.489 e. The zero-order valence-electron chi connectivity index (χ0n) is 12.9. The Morgan fingerprint density at radius 3 is 2.36 bits per heavy atom. The normalized spacial score (nSPS) is 11.5. The minimum atomic E-state index is -0.407. The third kappa shape index (κ3) is 5.13. The zero-order valence-corrected chi connectivity index (χ0v) is 12.9. The Kier molecular flexibility index (Phi) is 5.83. The minimum absolute atomic E-state index is 0.0172. The average Bonchev–Trinajstić information content (AvgIpc) is 2.55. The molecule has 0 aliphatic heterocycles. The molecule has 0 heterocycles. The van der Waals surface area contributed by atoms with Gasteiger partial charge in [0.2, 0.25) is 0 Å². The lowest BCUT2D eigenvalue weighted by molar-refractivity contribution is 0.167. The average molecular weight is 299 g/mol. The van der Waals surface area contributed by atoms with Crippen molar-refractivity contribution in [3.8, 4) is 5.75 Å². The summed E-state index contributed by atoms with van der Waals surface area (Å²) in [6.07, 6.45) is 0.337. The van der Waals surface area contributed by atoms with Crippen molar-refractivity contribution in [3.63, 3.8) is 0 Å². The summed E-state index contributed by atoms with van der Waals surface area (Å²) in [5, 5.41) is 2.75. The van der Waals surface area contributed by atoms with Gasteiger partial charge in [0.15, 0.2) is 0 Å². The summed E-state index contributed by atoms with van der Waals surface area (Å²) in [6.45, 7) is 2.50. The lowest BCUT2D eigenvalue weighted by atomic mass is 10.1. The van der Waals surface area contributed by atoms with E-state index in [0.29, 0.717) is 6.61 Å². The fraction of sp³-hybridized carbons (Fsp3) is 0.278. The largest absolute Gasteiger partial charge is 0.489 e. The maximum atomic E-state index is 11.1. The van der Waals surface area contributed by atoms with E-state index in [1.807, 2.05) is 61.5 Å². The molecule has 0 spiro atoms. The van der Waals surface area contributed by atoms with E-state index in [9.17, 15) is 4.79 Å². The zero-order chi connectivity index (χ0) is 15.8. The molecular weight excluding hydrogens is 278 g/mol. The van der Waals surface area contributed by atoms with Crippen LogP contribution in [0.25, 0.3) is 0 Å². The monoisotopic (exact) mass is 299 g/mol. The SMILES string of the molecule is COC(=O)NC(C)Cc1ccc(OCc2ccccc2)cc1. The van der Waals surface area contributed by atoms with Crippen molar-refractivity contribution >= 4 is 6.09 Å². The van der Waals surface area contributed by atoms with Gasteiger partial charge in [-0.2, -0.15) is 0 Å². The molecule has 4 nitrogen and oxygen atoms in total. The molecule has 0 fully saturated rings. The van der Waals surface area contributed by atoms with Gasteiger partial charge in [-0.05, 0) is 36.6 Å². The summed E-state index contributed by atoms with van der Waals surface area (Å²) in [6, 6.07) is 18.0. The number of benzene rings is 2. The summed E-state index contributed by atoms with van der Waals surface area (Å²) in [5.74, 6) is 0.834. The van der Waals surface area contributed by atoms with Crippen molar-refractivity contribution in [2.24, 2.45) is 0 Å². The van der Waals surface area contributed by atoms with Crippen LogP contribution in [0.3, 0.4) is 0 Å². The van der Waals surface area contributed by atoms with Crippen molar-refractivity contribution in [2.75, 3.05) is 7.11 Å². The molecule has 0 saturated heterocycles. The van der Waals surface area contributed by atoms with Gasteiger partial charge in [0, 0.05) is 6.04 Å². The van der Waals surface area contributed by atoms with Gasteiger partial charge in [0.05, 0.1) is 7.11 Å². The summed E-state index contributed by atoms with van der Waals surface area (Å²) in [5.41, 5.74) is 2.28. The first-order valence-corrected chi connectivity index (χ1v) is 7.27. The van der Waals surface area contributed by atoms with Crippen LogP contribution in [0.15, 0.2) is 54.6 Å². The lowest BCUT2D eigenvalue weighted by Crippen LogP contribution is -2.33. The molecule has 0 aromatic heterocycles. The summed E-state index contributed by atoms with van der Waals surface area (Å²) >= 11 is 0. The number of nitrogens with one attached hydrogen (secondary N) is 1. The lowest BCUT2D eigenvalue weighted by Gasteiger charge is -2.13. The summed E-state index contributed by atoms with van der Waals surface area (Å²) in [4.78, 5) is 11.1. The number of ether oxygens (including phenoxy) is 2. The number of hydrogen-bond donors (Lipinski definition) is 1. The number of alkyl carbamates (subject to hydrolysis) is 1. The Balaban J connectivity index is 1.83. The van der Waals surface area contributed by atoms with E-state index >= 15 is 0 Å². The van der Waals surface area contributed by atoms with Crippen LogP contribution in [-0.4, -0.2) is 19.2 Å². The highest BCUT2D eigenvalue weighted by molar-refractivity contribution is 5.67. The third-order valence-electron chi connectivity index (χ3n) is 3.26. The van der Waals surface area contributed by atoms with Gasteiger partial charge in [-0.15, -0.1) is 0 Å². The first kappa shape index (κ1) is 15.9. The highest BCUT2D eigenvalue weighted by atomic mass is 16.5. The molecule has 0 aliphatic carbocycles. The molecule has 0 aliphatic rings. The second-order valence-corrected chi connectivity index (χ2v) is 5.16. The van der Waals surface area contributed by atoms with Crippen LogP contribution in [0.2, 0.25) is 0 Å². The van der Waals surface area contributed by atoms with Crippen LogP contribution < -0.4 is 10.1 Å². The second-order valence-electron chi connectivity index (χ2n) is 5.16. The number of amides is 1. The first-order valence-electron chi connectivity index (χ1n) is 7.27. The number of carbonyl (C=O) groups excluding carboxylic acids is 1. The van der Waals surface area contributed by atoms with Gasteiger partial charge >= 0.3 is 6.09 Å². The second kappa shape index (κ2) is 8.08. The third-order valence-corrected chi connectivity index (χ3v) is 3.26. The Bertz CT molecular complexity index is 581. The van der Waals surface area contributed by atoms with Crippen LogP contribution in [0.4, 0.5) is 4.79 Å². The highest BCUT2D eigenvalue weighted by Gasteiger charge is 2.07. The van der Waals surface area contributed by atoms with Crippen molar-refractivity contribution in [1.29, 1.82) is 0 Å². The quantitative estimate of drug-likeness (QED) is 0.887. The predicted molar refractivity (Wildman–Crippen MR) is 85.9 cm³/mol. The summed E-state index contributed by atoms with van der Waals surface area (Å²) < 4.78 is 10.3. The fourth-order valence-corrected chi connectivity index (χ4v) is 2.13. The highest BCUT2D eigenvalue weighted by Crippen LogP contribution is 2.15. The van der Waals surface area contributed by atoms with E-state index in [2.05, 4.69) is 10.1 Å². The van der Waals surface area contributed by atoms with Gasteiger partial charge in [-0.1, -0.05) is 42.5 Å². The molecule has 2 rings (SSSR count). The van der Waals surface area contributed by atoms with Crippen molar-refractivity contribution in [2.45, 2.75) is 26.0 Å². The van der Waals surface area contributed by atoms with E-state index in [1.165, 1.54) is 7.11 Å². The van der Waals surface area contributed by atoms with Crippen molar-refractivity contribution in [3.05, 3.63) is 65.7 Å². The van der Waals surface area contributed by atoms with E-state index in [-0.39, 0.29) is 6.04 Å². The Labute approximate surface area is 131 Å². The van der Waals surface area contributed by atoms with Gasteiger partial charge < -0.3 is 14.8 Å². The topological polar surface area (TPSA) is 47.6 Å². The molecule has 1 atom stereocenters. The van der Waals surface area contributed by atoms with Gasteiger partial charge in [0.25, 0.3) is 0 Å². The van der Waals surface area contributed by atoms with Crippen LogP contribution in [-0.2, 0) is 17.8 Å². The molecule has 2 aromatic rings. The number of rotatable bonds is 6. The number of methoxy groups -OCH3 is 1. The standard InChI is InChI=1S/C18H21NO3/c1-14(19-18(20)21-2)12-15-8-10-17(11-9-15)22-13-16-6-4-3-5-7-16/h3-11,14H,12-13H2,1-2H3,(H,19,20). The number of hydrogen-bond acceptors (Lipinski definition) is 3. The molecule has 4 heteroatoms. The van der Waals surface area contributed by atoms with Crippen molar-refractivity contribution < 1.29 is 14.3 Å². The van der Waals surface area contributed by atoms with Crippen LogP contribution in [0.5, 0.6) is 5.75 Å². The maximum absolute atomic E-state index is 11.1. The van der Waals surface area contributed by atoms with Gasteiger partial charge in [0.1, 0.15) is 12.4 Å². The Morgan fingerprint density at radius 1 is 1.05 bits per heavy atom. The molecule has 0 bridgehead atoms. The van der Waals surface area contributed by atoms with Crippen molar-refractivity contribution in [1.82, 2.24) is 5.32 Å². The van der Waals surface area contributed by atoms with E-state index < -0.39 is 6.09 Å². The Morgan fingerprint density at radius 2 is 1.73 bits per heavy atom. The molecule has 2 aromatic carbocycles.